The van der Waals surface area contributed by atoms with Crippen LogP contribution in [0.4, 0.5) is 0 Å². The van der Waals surface area contributed by atoms with E-state index in [4.69, 9.17) is 27.9 Å². The Bertz CT molecular complexity index is 1190. The zero-order chi connectivity index (χ0) is 26.2. The predicted molar refractivity (Wildman–Crippen MR) is 151 cm³/mol. The van der Waals surface area contributed by atoms with E-state index in [9.17, 15) is 4.79 Å². The van der Waals surface area contributed by atoms with Crippen molar-refractivity contribution in [3.8, 4) is 0 Å². The van der Waals surface area contributed by atoms with Gasteiger partial charge in [-0.3, -0.25) is 4.79 Å². The number of benzene rings is 2. The molecule has 5 rings (SSSR count). The average Bonchev–Trinajstić information content (AvgIpc) is 3.56. The standard InChI is InChI=1S/C29H33Cl2N3O2S/c1-29(2,3)37-17-24(19-7-8-19)34-26(20-9-11-22(30)12-10-20)27(21-5-4-6-23(31)14-21)36-25(28(34)35)13-18-15-32-33-16-18/h4-6,9-12,14-15,19,24-27H,7-8,13,16-17H2,1-3H3/t24-,25+,26-,27-/m1/s1. The number of hydrogen-bond donors (Lipinski definition) is 0. The van der Waals surface area contributed by atoms with E-state index in [1.54, 1.807) is 6.20 Å². The molecule has 0 radical (unpaired) electrons. The predicted octanol–water partition coefficient (Wildman–Crippen LogP) is 8.05. The molecule has 0 spiro atoms. The Morgan fingerprint density at radius 1 is 1.08 bits per heavy atom. The van der Waals surface area contributed by atoms with Crippen LogP contribution < -0.4 is 0 Å². The Hall–Kier alpha value is -1.86. The lowest BCUT2D eigenvalue weighted by Gasteiger charge is -2.49. The summed E-state index contributed by atoms with van der Waals surface area (Å²) in [6, 6.07) is 15.4. The number of hydrogen-bond acceptors (Lipinski definition) is 5. The molecule has 1 amide bonds. The van der Waals surface area contributed by atoms with Crippen LogP contribution in [0.1, 0.15) is 63.3 Å². The number of ether oxygens (including phenoxy) is 1. The molecule has 0 bridgehead atoms. The van der Waals surface area contributed by atoms with Gasteiger partial charge in [-0.15, -0.1) is 0 Å². The van der Waals surface area contributed by atoms with Crippen molar-refractivity contribution >= 4 is 40.9 Å². The first kappa shape index (κ1) is 26.7. The van der Waals surface area contributed by atoms with Crippen LogP contribution in [0.25, 0.3) is 0 Å². The molecule has 0 unspecified atom stereocenters. The molecule has 3 aliphatic rings. The fourth-order valence-electron chi connectivity index (χ4n) is 5.11. The summed E-state index contributed by atoms with van der Waals surface area (Å²) in [5.41, 5.74) is 2.99. The van der Waals surface area contributed by atoms with Gasteiger partial charge < -0.3 is 9.64 Å². The van der Waals surface area contributed by atoms with Crippen LogP contribution in [-0.2, 0) is 9.53 Å². The summed E-state index contributed by atoms with van der Waals surface area (Å²) in [5, 5.41) is 9.41. The fraction of sp³-hybridized carbons (Fsp3) is 0.483. The van der Waals surface area contributed by atoms with Crippen molar-refractivity contribution in [2.45, 2.75) is 69.1 Å². The highest BCUT2D eigenvalue weighted by Crippen LogP contribution is 2.49. The molecule has 0 aromatic heterocycles. The third-order valence-electron chi connectivity index (χ3n) is 7.07. The van der Waals surface area contributed by atoms with E-state index in [1.807, 2.05) is 60.3 Å². The minimum absolute atomic E-state index is 0.0393. The molecule has 0 N–H and O–H groups in total. The number of thioether (sulfide) groups is 1. The van der Waals surface area contributed by atoms with E-state index < -0.39 is 6.10 Å². The zero-order valence-electron chi connectivity index (χ0n) is 21.4. The number of azo groups is 1. The van der Waals surface area contributed by atoms with Gasteiger partial charge in [-0.05, 0) is 59.7 Å². The molecule has 2 heterocycles. The second kappa shape index (κ2) is 11.1. The Labute approximate surface area is 233 Å². The Morgan fingerprint density at radius 3 is 2.46 bits per heavy atom. The highest BCUT2D eigenvalue weighted by atomic mass is 35.5. The van der Waals surface area contributed by atoms with Gasteiger partial charge in [0, 0.05) is 33.0 Å². The highest BCUT2D eigenvalue weighted by Gasteiger charge is 2.50. The maximum absolute atomic E-state index is 14.4. The molecule has 4 atom stereocenters. The van der Waals surface area contributed by atoms with E-state index in [0.717, 1.165) is 35.3 Å². The summed E-state index contributed by atoms with van der Waals surface area (Å²) in [7, 11) is 0. The largest absolute Gasteiger partial charge is 0.358 e. The van der Waals surface area contributed by atoms with Gasteiger partial charge in [0.25, 0.3) is 5.91 Å². The normalized spacial score (nSPS) is 24.9. The third kappa shape index (κ3) is 6.42. The van der Waals surface area contributed by atoms with Crippen molar-refractivity contribution in [3.05, 3.63) is 81.5 Å². The van der Waals surface area contributed by atoms with Crippen molar-refractivity contribution in [3.63, 3.8) is 0 Å². The molecule has 2 fully saturated rings. The quantitative estimate of drug-likeness (QED) is 0.329. The molecular weight excluding hydrogens is 525 g/mol. The van der Waals surface area contributed by atoms with Crippen molar-refractivity contribution < 1.29 is 9.53 Å². The molecule has 196 valence electrons. The van der Waals surface area contributed by atoms with E-state index in [2.05, 4.69) is 35.9 Å². The minimum Gasteiger partial charge on any atom is -0.358 e. The Kier molecular flexibility index (Phi) is 8.02. The van der Waals surface area contributed by atoms with Crippen molar-refractivity contribution in [2.75, 3.05) is 12.3 Å². The number of carbonyl (C=O) groups is 1. The van der Waals surface area contributed by atoms with Gasteiger partial charge in [0.15, 0.2) is 0 Å². The SMILES string of the molecule is CC(C)(C)SC[C@H](C1CC1)N1C(=O)[C@H](CC2=CN=NC2)O[C@H](c2cccc(Cl)c2)[C@H]1c1ccc(Cl)cc1. The molecule has 2 aromatic rings. The lowest BCUT2D eigenvalue weighted by molar-refractivity contribution is -0.179. The van der Waals surface area contributed by atoms with Crippen LogP contribution in [0, 0.1) is 5.92 Å². The minimum atomic E-state index is -0.608. The summed E-state index contributed by atoms with van der Waals surface area (Å²) >= 11 is 14.6. The first-order valence-corrected chi connectivity index (χ1v) is 14.6. The van der Waals surface area contributed by atoms with Crippen LogP contribution >= 0.6 is 35.0 Å². The van der Waals surface area contributed by atoms with Gasteiger partial charge in [-0.25, -0.2) is 0 Å². The zero-order valence-corrected chi connectivity index (χ0v) is 23.8. The molecule has 2 aromatic carbocycles. The molecule has 1 aliphatic carbocycles. The summed E-state index contributed by atoms with van der Waals surface area (Å²) in [6.07, 6.45) is 3.54. The van der Waals surface area contributed by atoms with Crippen LogP contribution in [0.3, 0.4) is 0 Å². The summed E-state index contributed by atoms with van der Waals surface area (Å²) in [6.45, 7) is 7.21. The smallest absolute Gasteiger partial charge is 0.252 e. The summed E-state index contributed by atoms with van der Waals surface area (Å²) in [4.78, 5) is 16.5. The van der Waals surface area contributed by atoms with Gasteiger partial charge in [0.05, 0.1) is 18.8 Å². The van der Waals surface area contributed by atoms with E-state index in [-0.39, 0.29) is 28.8 Å². The summed E-state index contributed by atoms with van der Waals surface area (Å²) in [5.74, 6) is 1.41. The number of rotatable bonds is 8. The average molecular weight is 559 g/mol. The van der Waals surface area contributed by atoms with Crippen molar-refractivity contribution in [1.82, 2.24) is 4.90 Å². The number of halogens is 2. The van der Waals surface area contributed by atoms with E-state index in [0.29, 0.717) is 28.9 Å². The van der Waals surface area contributed by atoms with Crippen LogP contribution in [-0.4, -0.2) is 40.0 Å². The lowest BCUT2D eigenvalue weighted by atomic mass is 9.89. The number of morpholine rings is 1. The van der Waals surface area contributed by atoms with Gasteiger partial charge >= 0.3 is 0 Å². The van der Waals surface area contributed by atoms with Gasteiger partial charge in [-0.1, -0.05) is 68.2 Å². The highest BCUT2D eigenvalue weighted by molar-refractivity contribution is 8.00. The monoisotopic (exact) mass is 557 g/mol. The molecule has 1 saturated carbocycles. The van der Waals surface area contributed by atoms with Gasteiger partial charge in [0.2, 0.25) is 0 Å². The maximum Gasteiger partial charge on any atom is 0.252 e. The summed E-state index contributed by atoms with van der Waals surface area (Å²) < 4.78 is 6.81. The van der Waals surface area contributed by atoms with Crippen LogP contribution in [0.5, 0.6) is 0 Å². The first-order chi connectivity index (χ1) is 17.7. The Balaban J connectivity index is 1.60. The second-order valence-electron chi connectivity index (χ2n) is 11.1. The number of amides is 1. The van der Waals surface area contributed by atoms with Gasteiger partial charge in [-0.2, -0.15) is 22.0 Å². The van der Waals surface area contributed by atoms with Gasteiger partial charge in [0.1, 0.15) is 12.2 Å². The number of carbonyl (C=O) groups excluding carboxylic acids is 1. The molecule has 37 heavy (non-hydrogen) atoms. The second-order valence-corrected chi connectivity index (χ2v) is 13.8. The third-order valence-corrected chi connectivity index (χ3v) is 8.93. The Morgan fingerprint density at radius 2 is 1.84 bits per heavy atom. The lowest BCUT2D eigenvalue weighted by Crippen LogP contribution is -2.56. The van der Waals surface area contributed by atoms with Crippen LogP contribution in [0.2, 0.25) is 10.0 Å². The molecule has 8 heteroatoms. The topological polar surface area (TPSA) is 54.3 Å². The molecule has 5 nitrogen and oxygen atoms in total. The number of nitrogens with zero attached hydrogens (tertiary/aromatic N) is 3. The van der Waals surface area contributed by atoms with E-state index >= 15 is 0 Å². The fourth-order valence-corrected chi connectivity index (χ4v) is 6.54. The van der Waals surface area contributed by atoms with Crippen LogP contribution in [0.15, 0.2) is 70.5 Å². The van der Waals surface area contributed by atoms with Crippen molar-refractivity contribution in [1.29, 1.82) is 0 Å². The first-order valence-electron chi connectivity index (χ1n) is 12.9. The van der Waals surface area contributed by atoms with E-state index in [1.165, 1.54) is 0 Å². The maximum atomic E-state index is 14.4. The molecular formula is C29H33Cl2N3O2S. The molecule has 1 saturated heterocycles. The molecule has 2 aliphatic heterocycles. The van der Waals surface area contributed by atoms with Crippen molar-refractivity contribution in [2.24, 2.45) is 16.1 Å².